The van der Waals surface area contributed by atoms with Crippen molar-refractivity contribution in [2.45, 2.75) is 13.3 Å². The van der Waals surface area contributed by atoms with E-state index < -0.39 is 0 Å². The molecule has 6 nitrogen and oxygen atoms in total. The van der Waals surface area contributed by atoms with E-state index >= 15 is 0 Å². The van der Waals surface area contributed by atoms with Crippen molar-refractivity contribution in [2.75, 3.05) is 26.2 Å². The first-order valence-corrected chi connectivity index (χ1v) is 8.34. The molecule has 3 heterocycles. The fraction of sp³-hybridized carbons (Fsp3) is 0.375. The quantitative estimate of drug-likeness (QED) is 0.794. The number of aryl methyl sites for hydroxylation is 1. The average Bonchev–Trinajstić information content (AvgIpc) is 2.96. The predicted molar refractivity (Wildman–Crippen MR) is 88.0 cm³/mol. The van der Waals surface area contributed by atoms with Crippen molar-refractivity contribution in [1.82, 2.24) is 19.8 Å². The van der Waals surface area contributed by atoms with E-state index in [1.807, 2.05) is 30.0 Å². The predicted octanol–water partition coefficient (Wildman–Crippen LogP) is 1.36. The number of thiazole rings is 1. The highest BCUT2D eigenvalue weighted by Gasteiger charge is 2.22. The molecule has 0 spiro atoms. The number of rotatable bonds is 4. The van der Waals surface area contributed by atoms with Crippen LogP contribution in [0.1, 0.15) is 10.6 Å². The molecule has 1 aliphatic rings. The summed E-state index contributed by atoms with van der Waals surface area (Å²) in [5, 5.41) is 0.844. The number of aromatic nitrogens is 2. The highest BCUT2D eigenvalue weighted by Crippen LogP contribution is 2.27. The summed E-state index contributed by atoms with van der Waals surface area (Å²) in [4.78, 5) is 36.5. The summed E-state index contributed by atoms with van der Waals surface area (Å²) in [5.74, 6) is 0.0925. The van der Waals surface area contributed by atoms with Gasteiger partial charge in [0.15, 0.2) is 0 Å². The Morgan fingerprint density at radius 3 is 2.74 bits per heavy atom. The van der Waals surface area contributed by atoms with Gasteiger partial charge < -0.3 is 9.80 Å². The monoisotopic (exact) mass is 330 g/mol. The van der Waals surface area contributed by atoms with Crippen LogP contribution < -0.4 is 0 Å². The molecule has 0 bridgehead atoms. The maximum Gasteiger partial charge on any atom is 0.228 e. The molecule has 1 saturated heterocycles. The third-order valence-electron chi connectivity index (χ3n) is 3.90. The van der Waals surface area contributed by atoms with E-state index in [1.54, 1.807) is 11.1 Å². The largest absolute Gasteiger partial charge is 0.342 e. The highest BCUT2D eigenvalue weighted by atomic mass is 32.1. The van der Waals surface area contributed by atoms with Gasteiger partial charge in [-0.2, -0.15) is 0 Å². The summed E-state index contributed by atoms with van der Waals surface area (Å²) in [5.41, 5.74) is 1.72. The van der Waals surface area contributed by atoms with E-state index in [0.29, 0.717) is 32.6 Å². The first-order valence-electron chi connectivity index (χ1n) is 7.52. The molecular formula is C16H18N4O2S. The van der Waals surface area contributed by atoms with E-state index in [9.17, 15) is 9.59 Å². The molecule has 23 heavy (non-hydrogen) atoms. The lowest BCUT2D eigenvalue weighted by atomic mass is 10.2. The van der Waals surface area contributed by atoms with Gasteiger partial charge in [-0.3, -0.25) is 14.6 Å². The van der Waals surface area contributed by atoms with Crippen LogP contribution in [-0.2, 0) is 16.0 Å². The zero-order valence-corrected chi connectivity index (χ0v) is 13.8. The number of nitrogens with zero attached hydrogens (tertiary/aromatic N) is 4. The normalized spacial score (nSPS) is 14.8. The molecule has 1 fully saturated rings. The Balaban J connectivity index is 1.67. The number of piperazine rings is 1. The van der Waals surface area contributed by atoms with Crippen LogP contribution in [0.15, 0.2) is 24.4 Å². The minimum atomic E-state index is 0.0925. The third-order valence-corrected chi connectivity index (χ3v) is 5.08. The zero-order chi connectivity index (χ0) is 16.2. The minimum Gasteiger partial charge on any atom is -0.342 e. The number of hydrogen-bond donors (Lipinski definition) is 0. The first kappa shape index (κ1) is 15.6. The van der Waals surface area contributed by atoms with Gasteiger partial charge in [-0.05, 0) is 19.1 Å². The standard InChI is InChI=1S/C16H18N4O2S/c1-12-14(23-16(18-12)13-4-2-3-5-17-13)10-15(22)20-8-6-19(11-21)7-9-20/h2-5,11H,6-10H2,1H3. The molecule has 1 aliphatic heterocycles. The summed E-state index contributed by atoms with van der Waals surface area (Å²) in [6, 6.07) is 5.71. The molecule has 0 N–H and O–H groups in total. The zero-order valence-electron chi connectivity index (χ0n) is 12.9. The van der Waals surface area contributed by atoms with Crippen molar-refractivity contribution >= 4 is 23.7 Å². The second-order valence-electron chi connectivity index (χ2n) is 5.44. The summed E-state index contributed by atoms with van der Waals surface area (Å²) in [6.07, 6.45) is 2.94. The van der Waals surface area contributed by atoms with Crippen LogP contribution in [-0.4, -0.2) is 58.3 Å². The van der Waals surface area contributed by atoms with Crippen molar-refractivity contribution in [3.05, 3.63) is 35.0 Å². The number of carbonyl (C=O) groups excluding carboxylic acids is 2. The van der Waals surface area contributed by atoms with Gasteiger partial charge in [0.25, 0.3) is 0 Å². The Labute approximate surface area is 138 Å². The number of pyridine rings is 1. The van der Waals surface area contributed by atoms with Gasteiger partial charge in [-0.1, -0.05) is 6.07 Å². The lowest BCUT2D eigenvalue weighted by molar-refractivity contribution is -0.134. The van der Waals surface area contributed by atoms with Crippen LogP contribution in [0.2, 0.25) is 0 Å². The van der Waals surface area contributed by atoms with Crippen molar-refractivity contribution in [3.63, 3.8) is 0 Å². The molecule has 120 valence electrons. The van der Waals surface area contributed by atoms with Crippen LogP contribution in [0, 0.1) is 6.92 Å². The van der Waals surface area contributed by atoms with Crippen molar-refractivity contribution < 1.29 is 9.59 Å². The van der Waals surface area contributed by atoms with E-state index in [0.717, 1.165) is 27.7 Å². The first-order chi connectivity index (χ1) is 11.2. The minimum absolute atomic E-state index is 0.0925. The maximum atomic E-state index is 12.4. The highest BCUT2D eigenvalue weighted by molar-refractivity contribution is 7.15. The maximum absolute atomic E-state index is 12.4. The lowest BCUT2D eigenvalue weighted by Crippen LogP contribution is -2.48. The molecule has 3 rings (SSSR count). The molecule has 0 radical (unpaired) electrons. The van der Waals surface area contributed by atoms with Crippen LogP contribution in [0.3, 0.4) is 0 Å². The van der Waals surface area contributed by atoms with Crippen LogP contribution in [0.5, 0.6) is 0 Å². The molecule has 0 aromatic carbocycles. The topological polar surface area (TPSA) is 66.4 Å². The number of carbonyl (C=O) groups is 2. The second-order valence-corrected chi connectivity index (χ2v) is 6.53. The molecule has 2 aromatic heterocycles. The van der Waals surface area contributed by atoms with Crippen molar-refractivity contribution in [3.8, 4) is 10.7 Å². The Kier molecular flexibility index (Phi) is 4.66. The smallest absolute Gasteiger partial charge is 0.228 e. The lowest BCUT2D eigenvalue weighted by Gasteiger charge is -2.32. The van der Waals surface area contributed by atoms with Crippen LogP contribution >= 0.6 is 11.3 Å². The number of hydrogen-bond acceptors (Lipinski definition) is 5. The van der Waals surface area contributed by atoms with Gasteiger partial charge in [0.2, 0.25) is 12.3 Å². The van der Waals surface area contributed by atoms with Gasteiger partial charge in [0.1, 0.15) is 5.01 Å². The SMILES string of the molecule is Cc1nc(-c2ccccn2)sc1CC(=O)N1CCN(C=O)CC1. The molecule has 0 saturated carbocycles. The second kappa shape index (κ2) is 6.87. The summed E-state index contributed by atoms with van der Waals surface area (Å²) in [7, 11) is 0. The molecule has 7 heteroatoms. The van der Waals surface area contributed by atoms with E-state index in [2.05, 4.69) is 9.97 Å². The van der Waals surface area contributed by atoms with E-state index in [4.69, 9.17) is 0 Å². The fourth-order valence-electron chi connectivity index (χ4n) is 2.52. The van der Waals surface area contributed by atoms with Crippen LogP contribution in [0.4, 0.5) is 0 Å². The molecule has 0 unspecified atom stereocenters. The summed E-state index contributed by atoms with van der Waals surface area (Å²) in [6.45, 7) is 4.34. The third kappa shape index (κ3) is 3.56. The molecule has 0 aliphatic carbocycles. The van der Waals surface area contributed by atoms with Gasteiger partial charge in [-0.15, -0.1) is 11.3 Å². The fourth-order valence-corrected chi connectivity index (χ4v) is 3.55. The Morgan fingerprint density at radius 1 is 1.30 bits per heavy atom. The van der Waals surface area contributed by atoms with Crippen LogP contribution in [0.25, 0.3) is 10.7 Å². The van der Waals surface area contributed by atoms with E-state index in [1.165, 1.54) is 11.3 Å². The van der Waals surface area contributed by atoms with E-state index in [-0.39, 0.29) is 5.91 Å². The summed E-state index contributed by atoms with van der Waals surface area (Å²) >= 11 is 1.52. The average molecular weight is 330 g/mol. The Bertz CT molecular complexity index is 693. The van der Waals surface area contributed by atoms with Gasteiger partial charge >= 0.3 is 0 Å². The Morgan fingerprint density at radius 2 is 2.09 bits per heavy atom. The van der Waals surface area contributed by atoms with Gasteiger partial charge in [0.05, 0.1) is 17.8 Å². The summed E-state index contributed by atoms with van der Waals surface area (Å²) < 4.78 is 0. The van der Waals surface area contributed by atoms with Crippen molar-refractivity contribution in [2.24, 2.45) is 0 Å². The van der Waals surface area contributed by atoms with Gasteiger partial charge in [0, 0.05) is 37.3 Å². The number of amides is 2. The Hall–Kier alpha value is -2.28. The van der Waals surface area contributed by atoms with Gasteiger partial charge in [-0.25, -0.2) is 4.98 Å². The molecule has 2 aromatic rings. The molecule has 0 atom stereocenters. The molecule has 2 amide bonds. The van der Waals surface area contributed by atoms with Crippen molar-refractivity contribution in [1.29, 1.82) is 0 Å². The molecular weight excluding hydrogens is 312 g/mol.